The number of aromatic nitrogens is 4. The number of nitrogens with zero attached hydrogens (tertiary/aromatic N) is 4. The fourth-order valence-electron chi connectivity index (χ4n) is 2.49. The zero-order valence-electron chi connectivity index (χ0n) is 14.2. The highest BCUT2D eigenvalue weighted by atomic mass is 32.2. The molecule has 0 radical (unpaired) electrons. The first-order valence-electron chi connectivity index (χ1n) is 8.11. The number of anilines is 1. The highest BCUT2D eigenvalue weighted by Gasteiger charge is 2.16. The first kappa shape index (κ1) is 17.9. The molecule has 0 aliphatic rings. The fraction of sp³-hybridized carbons (Fsp3) is 0.111. The van der Waals surface area contributed by atoms with Gasteiger partial charge in [-0.05, 0) is 23.6 Å². The molecule has 0 aliphatic heterocycles. The summed E-state index contributed by atoms with van der Waals surface area (Å²) in [5.41, 5.74) is 0.886. The lowest BCUT2D eigenvalue weighted by Gasteiger charge is -2.06. The van der Waals surface area contributed by atoms with Crippen LogP contribution in [0, 0.1) is 0 Å². The molecule has 4 rings (SSSR count). The van der Waals surface area contributed by atoms with Crippen LogP contribution in [0.4, 0.5) is 5.13 Å². The van der Waals surface area contributed by atoms with Gasteiger partial charge in [0.25, 0.3) is 0 Å². The second kappa shape index (κ2) is 8.03. The molecule has 0 unspecified atom stereocenters. The van der Waals surface area contributed by atoms with Crippen LogP contribution < -0.4 is 5.32 Å². The Kier molecular flexibility index (Phi) is 5.33. The molecule has 0 atom stereocenters. The van der Waals surface area contributed by atoms with Crippen molar-refractivity contribution in [1.82, 2.24) is 19.7 Å². The van der Waals surface area contributed by atoms with Crippen molar-refractivity contribution in [2.75, 3.05) is 11.1 Å². The van der Waals surface area contributed by atoms with Crippen molar-refractivity contribution in [3.63, 3.8) is 0 Å². The number of rotatable bonds is 7. The van der Waals surface area contributed by atoms with Crippen molar-refractivity contribution in [1.29, 1.82) is 0 Å². The van der Waals surface area contributed by atoms with Crippen molar-refractivity contribution in [2.45, 2.75) is 11.7 Å². The minimum absolute atomic E-state index is 0.120. The van der Waals surface area contributed by atoms with Gasteiger partial charge in [0, 0.05) is 6.54 Å². The van der Waals surface area contributed by atoms with E-state index in [9.17, 15) is 4.79 Å². The van der Waals surface area contributed by atoms with Crippen LogP contribution in [0.25, 0.3) is 20.9 Å². The van der Waals surface area contributed by atoms with E-state index in [-0.39, 0.29) is 11.7 Å². The number of benzene rings is 1. The maximum absolute atomic E-state index is 12.3. The summed E-state index contributed by atoms with van der Waals surface area (Å²) in [4.78, 5) is 17.8. The molecule has 6 nitrogen and oxygen atoms in total. The first-order valence-corrected chi connectivity index (χ1v) is 10.8. The summed E-state index contributed by atoms with van der Waals surface area (Å²) in [6.45, 7) is 4.39. The molecule has 1 N–H and O–H groups in total. The molecule has 1 aromatic carbocycles. The van der Waals surface area contributed by atoms with E-state index in [1.807, 2.05) is 46.3 Å². The summed E-state index contributed by atoms with van der Waals surface area (Å²) < 4.78 is 3.01. The topological polar surface area (TPSA) is 72.7 Å². The van der Waals surface area contributed by atoms with Crippen molar-refractivity contribution in [2.24, 2.45) is 0 Å². The molecule has 0 bridgehead atoms. The van der Waals surface area contributed by atoms with Crippen LogP contribution in [0.15, 0.2) is 59.6 Å². The van der Waals surface area contributed by atoms with Gasteiger partial charge in [0.1, 0.15) is 0 Å². The van der Waals surface area contributed by atoms with E-state index in [1.54, 1.807) is 17.4 Å². The number of allylic oxidation sites excluding steroid dienone is 1. The largest absolute Gasteiger partial charge is 0.301 e. The van der Waals surface area contributed by atoms with Gasteiger partial charge in [-0.2, -0.15) is 0 Å². The summed E-state index contributed by atoms with van der Waals surface area (Å²) in [6.07, 6.45) is 1.80. The summed E-state index contributed by atoms with van der Waals surface area (Å²) in [6, 6.07) is 11.8. The molecule has 3 heterocycles. The summed E-state index contributed by atoms with van der Waals surface area (Å²) >= 11 is 4.42. The predicted molar refractivity (Wildman–Crippen MR) is 113 cm³/mol. The van der Waals surface area contributed by atoms with Gasteiger partial charge in [-0.25, -0.2) is 4.98 Å². The van der Waals surface area contributed by atoms with Crippen molar-refractivity contribution < 1.29 is 4.79 Å². The Balaban J connectivity index is 1.45. The Morgan fingerprint density at radius 3 is 2.93 bits per heavy atom. The summed E-state index contributed by atoms with van der Waals surface area (Å²) in [5.74, 6) is 0.902. The number of hydrogen-bond acceptors (Lipinski definition) is 7. The molecule has 136 valence electrons. The van der Waals surface area contributed by atoms with Gasteiger partial charge in [0.05, 0.1) is 20.8 Å². The van der Waals surface area contributed by atoms with Gasteiger partial charge in [-0.15, -0.1) is 28.1 Å². The van der Waals surface area contributed by atoms with E-state index in [2.05, 4.69) is 27.1 Å². The van der Waals surface area contributed by atoms with Gasteiger partial charge in [-0.1, -0.05) is 47.4 Å². The van der Waals surface area contributed by atoms with E-state index < -0.39 is 0 Å². The summed E-state index contributed by atoms with van der Waals surface area (Å²) in [7, 11) is 0. The molecule has 9 heteroatoms. The molecule has 0 saturated carbocycles. The molecule has 0 fully saturated rings. The second-order valence-corrected chi connectivity index (χ2v) is 8.43. The van der Waals surface area contributed by atoms with E-state index in [4.69, 9.17) is 0 Å². The number of hydrogen-bond donors (Lipinski definition) is 1. The Labute approximate surface area is 168 Å². The number of nitrogens with one attached hydrogen (secondary N) is 1. The highest BCUT2D eigenvalue weighted by Crippen LogP contribution is 2.28. The molecule has 0 saturated heterocycles. The van der Waals surface area contributed by atoms with Crippen molar-refractivity contribution in [3.05, 3.63) is 54.4 Å². The number of carbonyl (C=O) groups excluding carboxylic acids is 1. The Bertz CT molecular complexity index is 1050. The Morgan fingerprint density at radius 1 is 1.26 bits per heavy atom. The third-order valence-electron chi connectivity index (χ3n) is 3.64. The second-order valence-electron chi connectivity index (χ2n) is 5.51. The molecular formula is C18H15N5OS3. The van der Waals surface area contributed by atoms with Crippen molar-refractivity contribution >= 4 is 55.7 Å². The molecule has 0 spiro atoms. The zero-order chi connectivity index (χ0) is 18.6. The maximum Gasteiger partial charge on any atom is 0.236 e. The van der Waals surface area contributed by atoms with E-state index in [0.717, 1.165) is 20.9 Å². The minimum Gasteiger partial charge on any atom is -0.301 e. The van der Waals surface area contributed by atoms with Gasteiger partial charge >= 0.3 is 0 Å². The van der Waals surface area contributed by atoms with Crippen LogP contribution in [0.3, 0.4) is 0 Å². The van der Waals surface area contributed by atoms with E-state index in [1.165, 1.54) is 23.1 Å². The zero-order valence-corrected chi connectivity index (χ0v) is 16.6. The molecule has 4 aromatic rings. The molecule has 0 aliphatic carbocycles. The third kappa shape index (κ3) is 3.95. The summed E-state index contributed by atoms with van der Waals surface area (Å²) in [5, 5.41) is 14.7. The van der Waals surface area contributed by atoms with E-state index in [0.29, 0.717) is 16.8 Å². The highest BCUT2D eigenvalue weighted by molar-refractivity contribution is 7.99. The van der Waals surface area contributed by atoms with Crippen LogP contribution in [0.5, 0.6) is 0 Å². The number of fused-ring (bicyclic) bond motifs is 1. The van der Waals surface area contributed by atoms with Crippen LogP contribution in [-0.4, -0.2) is 31.4 Å². The number of para-hydroxylation sites is 1. The van der Waals surface area contributed by atoms with Gasteiger partial charge < -0.3 is 5.32 Å². The fourth-order valence-corrected chi connectivity index (χ4v) is 4.84. The van der Waals surface area contributed by atoms with Gasteiger partial charge in [-0.3, -0.25) is 9.36 Å². The molecule has 27 heavy (non-hydrogen) atoms. The number of amides is 1. The van der Waals surface area contributed by atoms with Crippen LogP contribution >= 0.6 is 34.4 Å². The molecule has 1 amide bonds. The lowest BCUT2D eigenvalue weighted by molar-refractivity contribution is -0.113. The molecular weight excluding hydrogens is 398 g/mol. The minimum atomic E-state index is -0.120. The average molecular weight is 414 g/mol. The maximum atomic E-state index is 12.3. The number of thiophene rings is 1. The Morgan fingerprint density at radius 2 is 2.15 bits per heavy atom. The normalized spacial score (nSPS) is 11.0. The van der Waals surface area contributed by atoms with Crippen LogP contribution in [-0.2, 0) is 11.3 Å². The van der Waals surface area contributed by atoms with Crippen LogP contribution in [0.1, 0.15) is 0 Å². The quantitative estimate of drug-likeness (QED) is 0.356. The third-order valence-corrected chi connectivity index (χ3v) is 6.43. The SMILES string of the molecule is C=CCn1c(SCC(=O)Nc2nc3ccccc3s2)nnc1-c1cccs1. The smallest absolute Gasteiger partial charge is 0.236 e. The van der Waals surface area contributed by atoms with Gasteiger partial charge in [0.2, 0.25) is 5.91 Å². The van der Waals surface area contributed by atoms with E-state index >= 15 is 0 Å². The van der Waals surface area contributed by atoms with Crippen molar-refractivity contribution in [3.8, 4) is 10.7 Å². The number of carbonyl (C=O) groups is 1. The standard InChI is InChI=1S/C18H15N5OS3/c1-2-9-23-16(14-8-5-10-25-14)21-22-18(23)26-11-15(24)20-17-19-12-6-3-4-7-13(12)27-17/h2-8,10H,1,9,11H2,(H,19,20,24). The lowest BCUT2D eigenvalue weighted by Crippen LogP contribution is -2.14. The van der Waals surface area contributed by atoms with Crippen LogP contribution in [0.2, 0.25) is 0 Å². The number of thiazole rings is 1. The average Bonchev–Trinajstić information content (AvgIpc) is 3.39. The Hall–Kier alpha value is -2.49. The van der Waals surface area contributed by atoms with Gasteiger partial charge in [0.15, 0.2) is 16.1 Å². The number of thioether (sulfide) groups is 1. The molecule has 3 aromatic heterocycles. The lowest BCUT2D eigenvalue weighted by atomic mass is 10.3. The monoisotopic (exact) mass is 413 g/mol. The predicted octanol–water partition coefficient (Wildman–Crippen LogP) is 4.53. The first-order chi connectivity index (χ1) is 13.2.